The van der Waals surface area contributed by atoms with Crippen LogP contribution in [0.4, 0.5) is 5.69 Å². The number of aromatic hydroxyl groups is 1. The summed E-state index contributed by atoms with van der Waals surface area (Å²) in [7, 11) is 1.22. The molecule has 0 fully saturated rings. The second kappa shape index (κ2) is 5.87. The fraction of sp³-hybridized carbons (Fsp3) is 0.0909. The Hall–Kier alpha value is -3.06. The van der Waals surface area contributed by atoms with Crippen molar-refractivity contribution in [3.05, 3.63) is 23.8 Å². The van der Waals surface area contributed by atoms with Gasteiger partial charge in [0.1, 0.15) is 17.9 Å². The lowest BCUT2D eigenvalue weighted by Gasteiger charge is -2.05. The fourth-order valence-corrected chi connectivity index (χ4v) is 1.06. The van der Waals surface area contributed by atoms with Gasteiger partial charge >= 0.3 is 5.97 Å². The first kappa shape index (κ1) is 13.0. The number of carbonyl (C=O) groups excluding carboxylic acids is 1. The van der Waals surface area contributed by atoms with Gasteiger partial charge in [-0.15, -0.1) is 0 Å². The molecule has 0 saturated carbocycles. The first-order chi connectivity index (χ1) is 8.62. The minimum absolute atomic E-state index is 0.158. The summed E-state index contributed by atoms with van der Waals surface area (Å²) in [4.78, 5) is 11.2. The van der Waals surface area contributed by atoms with E-state index in [4.69, 9.17) is 10.5 Å². The number of carbonyl (C=O) groups is 1. The molecule has 1 aromatic rings. The van der Waals surface area contributed by atoms with Crippen LogP contribution in [0.1, 0.15) is 10.4 Å². The third kappa shape index (κ3) is 2.97. The van der Waals surface area contributed by atoms with E-state index in [2.05, 4.69) is 15.3 Å². The number of hydrogen-bond acceptors (Lipinski definition) is 7. The van der Waals surface area contributed by atoms with Crippen LogP contribution in [0.2, 0.25) is 0 Å². The predicted octanol–water partition coefficient (Wildman–Crippen LogP) is 0.994. The van der Waals surface area contributed by atoms with Crippen LogP contribution in [-0.2, 0) is 4.74 Å². The van der Waals surface area contributed by atoms with Crippen LogP contribution in [0.3, 0.4) is 0 Å². The number of nitrogens with one attached hydrogen (secondary N) is 1. The molecule has 0 aliphatic rings. The number of benzene rings is 1. The van der Waals surface area contributed by atoms with E-state index < -0.39 is 5.97 Å². The van der Waals surface area contributed by atoms with Gasteiger partial charge in [-0.1, -0.05) is 0 Å². The molecule has 0 aliphatic heterocycles. The standard InChI is InChI=1S/C11H8N4O3/c1-18-11(17)7-2-3-9(10(16)4-7)15-14-8(5-12)6-13/h2-4,15-16H,1H3. The molecule has 0 radical (unpaired) electrons. The number of rotatable bonds is 3. The van der Waals surface area contributed by atoms with Crippen LogP contribution in [-0.4, -0.2) is 23.9 Å². The number of esters is 1. The van der Waals surface area contributed by atoms with E-state index in [1.54, 1.807) is 12.1 Å². The number of hydrogen-bond donors (Lipinski definition) is 2. The van der Waals surface area contributed by atoms with Crippen LogP contribution in [0.15, 0.2) is 23.3 Å². The maximum absolute atomic E-state index is 11.2. The second-order valence-corrected chi connectivity index (χ2v) is 3.02. The zero-order valence-electron chi connectivity index (χ0n) is 9.34. The lowest BCUT2D eigenvalue weighted by Crippen LogP contribution is -2.02. The molecular weight excluding hydrogens is 236 g/mol. The number of hydrazone groups is 1. The molecule has 7 nitrogen and oxygen atoms in total. The fourth-order valence-electron chi connectivity index (χ4n) is 1.06. The average molecular weight is 244 g/mol. The highest BCUT2D eigenvalue weighted by Gasteiger charge is 2.08. The molecule has 0 unspecified atom stereocenters. The van der Waals surface area contributed by atoms with Gasteiger partial charge < -0.3 is 9.84 Å². The van der Waals surface area contributed by atoms with Gasteiger partial charge in [-0.25, -0.2) is 4.79 Å². The molecule has 2 N–H and O–H groups in total. The molecule has 0 amide bonds. The van der Waals surface area contributed by atoms with E-state index in [-0.39, 0.29) is 22.7 Å². The minimum Gasteiger partial charge on any atom is -0.506 e. The van der Waals surface area contributed by atoms with Gasteiger partial charge in [-0.3, -0.25) is 5.43 Å². The van der Waals surface area contributed by atoms with E-state index in [0.717, 1.165) is 0 Å². The van der Waals surface area contributed by atoms with Crippen LogP contribution in [0, 0.1) is 22.7 Å². The van der Waals surface area contributed by atoms with E-state index in [1.807, 2.05) is 0 Å². The van der Waals surface area contributed by atoms with Crippen LogP contribution < -0.4 is 5.43 Å². The lowest BCUT2D eigenvalue weighted by atomic mass is 10.2. The van der Waals surface area contributed by atoms with Crippen molar-refractivity contribution in [1.29, 1.82) is 10.5 Å². The molecule has 18 heavy (non-hydrogen) atoms. The first-order valence-corrected chi connectivity index (χ1v) is 4.67. The van der Waals surface area contributed by atoms with Crippen molar-refractivity contribution in [3.8, 4) is 17.9 Å². The summed E-state index contributed by atoms with van der Waals surface area (Å²) in [6.45, 7) is 0. The Balaban J connectivity index is 2.95. The van der Waals surface area contributed by atoms with Gasteiger partial charge in [0.15, 0.2) is 0 Å². The SMILES string of the molecule is COC(=O)c1ccc(NN=C(C#N)C#N)c(O)c1. The molecule has 0 saturated heterocycles. The van der Waals surface area contributed by atoms with Gasteiger partial charge in [-0.2, -0.15) is 15.6 Å². The van der Waals surface area contributed by atoms with Gasteiger partial charge in [0.05, 0.1) is 18.4 Å². The van der Waals surface area contributed by atoms with Gasteiger partial charge in [0, 0.05) is 0 Å². The molecule has 0 heterocycles. The number of nitriles is 2. The van der Waals surface area contributed by atoms with Crippen molar-refractivity contribution < 1.29 is 14.6 Å². The Bertz CT molecular complexity index is 565. The summed E-state index contributed by atoms with van der Waals surface area (Å²) in [5.74, 6) is -0.841. The summed E-state index contributed by atoms with van der Waals surface area (Å²) in [5.41, 5.74) is 2.29. The predicted molar refractivity (Wildman–Crippen MR) is 61.7 cm³/mol. The Morgan fingerprint density at radius 3 is 2.61 bits per heavy atom. The lowest BCUT2D eigenvalue weighted by molar-refractivity contribution is 0.0600. The molecule has 7 heteroatoms. The van der Waals surface area contributed by atoms with Crippen molar-refractivity contribution in [2.45, 2.75) is 0 Å². The highest BCUT2D eigenvalue weighted by molar-refractivity contribution is 6.10. The van der Waals surface area contributed by atoms with Crippen LogP contribution in [0.5, 0.6) is 5.75 Å². The zero-order valence-corrected chi connectivity index (χ0v) is 9.34. The summed E-state index contributed by atoms with van der Waals surface area (Å²) < 4.78 is 4.48. The zero-order chi connectivity index (χ0) is 13.5. The van der Waals surface area contributed by atoms with Gasteiger partial charge in [0.2, 0.25) is 5.71 Å². The van der Waals surface area contributed by atoms with Crippen LogP contribution in [0.25, 0.3) is 0 Å². The maximum Gasteiger partial charge on any atom is 0.337 e. The van der Waals surface area contributed by atoms with E-state index in [0.29, 0.717) is 0 Å². The monoisotopic (exact) mass is 244 g/mol. The summed E-state index contributed by atoms with van der Waals surface area (Å²) >= 11 is 0. The van der Waals surface area contributed by atoms with Crippen molar-refractivity contribution in [3.63, 3.8) is 0 Å². The topological polar surface area (TPSA) is 118 Å². The molecule has 1 aromatic carbocycles. The van der Waals surface area contributed by atoms with Gasteiger partial charge in [0.25, 0.3) is 0 Å². The smallest absolute Gasteiger partial charge is 0.337 e. The third-order valence-electron chi connectivity index (χ3n) is 1.92. The number of anilines is 1. The highest BCUT2D eigenvalue weighted by Crippen LogP contribution is 2.24. The Morgan fingerprint density at radius 1 is 1.44 bits per heavy atom. The molecule has 0 aromatic heterocycles. The molecule has 1 rings (SSSR count). The van der Waals surface area contributed by atoms with E-state index in [9.17, 15) is 9.90 Å². The molecular formula is C11H8N4O3. The summed E-state index contributed by atoms with van der Waals surface area (Å²) in [5, 5.41) is 30.0. The molecule has 0 spiro atoms. The van der Waals surface area contributed by atoms with Crippen LogP contribution >= 0.6 is 0 Å². The number of phenols is 1. The Morgan fingerprint density at radius 2 is 2.11 bits per heavy atom. The third-order valence-corrected chi connectivity index (χ3v) is 1.92. The Kier molecular flexibility index (Phi) is 4.24. The molecule has 0 bridgehead atoms. The number of ether oxygens (including phenoxy) is 1. The largest absolute Gasteiger partial charge is 0.506 e. The van der Waals surface area contributed by atoms with Crippen molar-refractivity contribution in [2.75, 3.05) is 12.5 Å². The number of phenolic OH excluding ortho intramolecular Hbond substituents is 1. The summed E-state index contributed by atoms with van der Waals surface area (Å²) in [6.07, 6.45) is 0. The quantitative estimate of drug-likeness (QED) is 0.354. The molecule has 0 aliphatic carbocycles. The van der Waals surface area contributed by atoms with Crippen molar-refractivity contribution in [1.82, 2.24) is 0 Å². The molecule has 90 valence electrons. The Labute approximate surface area is 103 Å². The normalized spacial score (nSPS) is 8.61. The summed E-state index contributed by atoms with van der Waals surface area (Å²) in [6, 6.07) is 7.06. The average Bonchev–Trinajstić information content (AvgIpc) is 2.40. The minimum atomic E-state index is -0.588. The van der Waals surface area contributed by atoms with Gasteiger partial charge in [-0.05, 0) is 18.2 Å². The second-order valence-electron chi connectivity index (χ2n) is 3.02. The van der Waals surface area contributed by atoms with E-state index >= 15 is 0 Å². The maximum atomic E-state index is 11.2. The van der Waals surface area contributed by atoms with Crippen molar-refractivity contribution >= 4 is 17.4 Å². The highest BCUT2D eigenvalue weighted by atomic mass is 16.5. The number of nitrogens with zero attached hydrogens (tertiary/aromatic N) is 3. The first-order valence-electron chi connectivity index (χ1n) is 4.67. The van der Waals surface area contributed by atoms with Crippen molar-refractivity contribution in [2.24, 2.45) is 5.10 Å². The van der Waals surface area contributed by atoms with E-state index in [1.165, 1.54) is 25.3 Å². The molecule has 0 atom stereocenters. The number of methoxy groups -OCH3 is 1.